The Kier molecular flexibility index (Phi) is 5.50. The summed E-state index contributed by atoms with van der Waals surface area (Å²) < 4.78 is 20.0. The first-order valence-electron chi connectivity index (χ1n) is 8.97. The SMILES string of the molecule is CCOC(=O)C1=C(N)Nc2ccccc2[C@@]12C(=O)OC(CC(=O)OC)=C2C(=O)OC. The molecule has 1 aromatic rings. The number of nitrogens with one attached hydrogen (secondary N) is 1. The fraction of sp³-hybridized carbons (Fsp3) is 0.300. The predicted molar refractivity (Wildman–Crippen MR) is 101 cm³/mol. The van der Waals surface area contributed by atoms with Crippen molar-refractivity contribution < 1.29 is 38.1 Å². The van der Waals surface area contributed by atoms with Crippen LogP contribution in [-0.2, 0) is 43.5 Å². The van der Waals surface area contributed by atoms with Gasteiger partial charge in [0.25, 0.3) is 0 Å². The van der Waals surface area contributed by atoms with Gasteiger partial charge >= 0.3 is 23.9 Å². The molecule has 0 aliphatic carbocycles. The van der Waals surface area contributed by atoms with Crippen molar-refractivity contribution in [2.24, 2.45) is 5.73 Å². The summed E-state index contributed by atoms with van der Waals surface area (Å²) in [6.07, 6.45) is -0.528. The molecule has 3 N–H and O–H groups in total. The van der Waals surface area contributed by atoms with Gasteiger partial charge in [0.15, 0.2) is 5.41 Å². The number of hydrogen-bond donors (Lipinski definition) is 2. The van der Waals surface area contributed by atoms with Gasteiger partial charge in [0, 0.05) is 11.3 Å². The van der Waals surface area contributed by atoms with E-state index in [-0.39, 0.29) is 34.9 Å². The number of nitrogens with two attached hydrogens (primary N) is 1. The molecular weight excluding hydrogens is 396 g/mol. The van der Waals surface area contributed by atoms with Gasteiger partial charge in [0.2, 0.25) is 0 Å². The van der Waals surface area contributed by atoms with Crippen molar-refractivity contribution in [2.45, 2.75) is 18.8 Å². The highest BCUT2D eigenvalue weighted by Gasteiger charge is 2.63. The van der Waals surface area contributed by atoms with E-state index in [4.69, 9.17) is 19.9 Å². The smallest absolute Gasteiger partial charge is 0.339 e. The Bertz CT molecular complexity index is 1010. The average molecular weight is 416 g/mol. The summed E-state index contributed by atoms with van der Waals surface area (Å²) in [4.78, 5) is 51.0. The van der Waals surface area contributed by atoms with Crippen LogP contribution in [0.3, 0.4) is 0 Å². The molecule has 2 aliphatic heterocycles. The summed E-state index contributed by atoms with van der Waals surface area (Å²) in [6, 6.07) is 6.46. The fourth-order valence-corrected chi connectivity index (χ4v) is 3.65. The van der Waals surface area contributed by atoms with Crippen LogP contribution in [0, 0.1) is 0 Å². The van der Waals surface area contributed by atoms with Crippen molar-refractivity contribution in [3.05, 3.63) is 52.6 Å². The molecule has 0 fully saturated rings. The minimum absolute atomic E-state index is 0.00528. The van der Waals surface area contributed by atoms with E-state index in [0.717, 1.165) is 14.2 Å². The lowest BCUT2D eigenvalue weighted by Gasteiger charge is -2.35. The molecule has 30 heavy (non-hydrogen) atoms. The molecule has 0 amide bonds. The third-order valence-electron chi connectivity index (χ3n) is 4.82. The number of anilines is 1. The molecule has 3 rings (SSSR count). The van der Waals surface area contributed by atoms with E-state index >= 15 is 0 Å². The maximum Gasteiger partial charge on any atom is 0.339 e. The summed E-state index contributed by atoms with van der Waals surface area (Å²) in [5.41, 5.74) is 3.98. The van der Waals surface area contributed by atoms with Gasteiger partial charge in [-0.2, -0.15) is 0 Å². The Morgan fingerprint density at radius 1 is 1.10 bits per heavy atom. The summed E-state index contributed by atoms with van der Waals surface area (Å²) in [7, 11) is 2.25. The highest BCUT2D eigenvalue weighted by Crippen LogP contribution is 2.53. The summed E-state index contributed by atoms with van der Waals surface area (Å²) in [5, 5.41) is 2.85. The van der Waals surface area contributed by atoms with Crippen LogP contribution < -0.4 is 11.1 Å². The Hall–Kier alpha value is -3.82. The number of methoxy groups -OCH3 is 2. The van der Waals surface area contributed by atoms with E-state index in [9.17, 15) is 19.2 Å². The molecular formula is C20H20N2O8. The number of fused-ring (bicyclic) bond motifs is 2. The third kappa shape index (κ3) is 2.97. The van der Waals surface area contributed by atoms with E-state index in [1.807, 2.05) is 0 Å². The van der Waals surface area contributed by atoms with Crippen molar-refractivity contribution >= 4 is 29.6 Å². The summed E-state index contributed by atoms with van der Waals surface area (Å²) in [6.45, 7) is 1.58. The Morgan fingerprint density at radius 3 is 2.43 bits per heavy atom. The summed E-state index contributed by atoms with van der Waals surface area (Å²) >= 11 is 0. The van der Waals surface area contributed by atoms with E-state index < -0.39 is 35.7 Å². The monoisotopic (exact) mass is 416 g/mol. The van der Waals surface area contributed by atoms with E-state index in [1.54, 1.807) is 31.2 Å². The van der Waals surface area contributed by atoms with E-state index in [0.29, 0.717) is 5.69 Å². The molecule has 0 radical (unpaired) electrons. The number of para-hydroxylation sites is 1. The molecule has 0 unspecified atom stereocenters. The molecule has 2 heterocycles. The van der Waals surface area contributed by atoms with Gasteiger partial charge in [-0.15, -0.1) is 0 Å². The maximum atomic E-state index is 13.3. The van der Waals surface area contributed by atoms with Crippen molar-refractivity contribution in [1.29, 1.82) is 0 Å². The minimum atomic E-state index is -2.07. The average Bonchev–Trinajstić information content (AvgIpc) is 2.99. The lowest BCUT2D eigenvalue weighted by molar-refractivity contribution is -0.147. The van der Waals surface area contributed by atoms with Crippen molar-refractivity contribution in [3.63, 3.8) is 0 Å². The number of ether oxygens (including phenoxy) is 4. The largest absolute Gasteiger partial charge is 0.469 e. The van der Waals surface area contributed by atoms with Crippen LogP contribution in [0.1, 0.15) is 18.9 Å². The minimum Gasteiger partial charge on any atom is -0.469 e. The highest BCUT2D eigenvalue weighted by molar-refractivity contribution is 6.16. The predicted octanol–water partition coefficient (Wildman–Crippen LogP) is 0.630. The van der Waals surface area contributed by atoms with Gasteiger partial charge in [0.05, 0.1) is 20.8 Å². The standard InChI is InChI=1S/C20H20N2O8/c1-4-29-18(25)15-16(21)22-11-8-6-5-7-10(11)20(15)14(17(24)28-3)12(30-19(20)26)9-13(23)27-2/h5-8,22H,4,9,21H2,1-3H3/t20-/m0/s1. The number of rotatable bonds is 5. The zero-order chi connectivity index (χ0) is 22.1. The first-order valence-corrected chi connectivity index (χ1v) is 8.97. The summed E-state index contributed by atoms with van der Waals surface area (Å²) in [5.74, 6) is -4.11. The molecule has 0 saturated heterocycles. The number of benzene rings is 1. The number of carbonyl (C=O) groups is 4. The van der Waals surface area contributed by atoms with Crippen LogP contribution in [0.2, 0.25) is 0 Å². The molecule has 10 heteroatoms. The van der Waals surface area contributed by atoms with Crippen LogP contribution in [-0.4, -0.2) is 44.7 Å². The number of esters is 4. The molecule has 1 atom stereocenters. The van der Waals surface area contributed by atoms with Crippen LogP contribution in [0.5, 0.6) is 0 Å². The topological polar surface area (TPSA) is 143 Å². The normalized spacial score (nSPS) is 19.8. The van der Waals surface area contributed by atoms with Gasteiger partial charge in [-0.3, -0.25) is 4.79 Å². The number of hydrogen-bond acceptors (Lipinski definition) is 10. The van der Waals surface area contributed by atoms with Crippen LogP contribution in [0.15, 0.2) is 47.0 Å². The third-order valence-corrected chi connectivity index (χ3v) is 4.82. The fourth-order valence-electron chi connectivity index (χ4n) is 3.65. The number of carbonyl (C=O) groups excluding carboxylic acids is 4. The van der Waals surface area contributed by atoms with Gasteiger partial charge in [-0.1, -0.05) is 18.2 Å². The molecule has 1 aromatic carbocycles. The molecule has 0 aromatic heterocycles. The molecule has 0 bridgehead atoms. The van der Waals surface area contributed by atoms with Crippen molar-refractivity contribution in [1.82, 2.24) is 0 Å². The first kappa shape index (κ1) is 20.9. The second-order valence-corrected chi connectivity index (χ2v) is 6.36. The van der Waals surface area contributed by atoms with Gasteiger partial charge in [-0.25, -0.2) is 14.4 Å². The molecule has 0 saturated carbocycles. The quantitative estimate of drug-likeness (QED) is 0.518. The molecule has 10 nitrogen and oxygen atoms in total. The van der Waals surface area contributed by atoms with Crippen LogP contribution in [0.25, 0.3) is 0 Å². The number of cyclic esters (lactones) is 1. The lowest BCUT2D eigenvalue weighted by Crippen LogP contribution is -2.47. The van der Waals surface area contributed by atoms with Gasteiger partial charge < -0.3 is 30.0 Å². The Labute approximate surface area is 171 Å². The van der Waals surface area contributed by atoms with Gasteiger partial charge in [0.1, 0.15) is 29.1 Å². The zero-order valence-corrected chi connectivity index (χ0v) is 16.6. The van der Waals surface area contributed by atoms with E-state index in [2.05, 4.69) is 10.1 Å². The van der Waals surface area contributed by atoms with Crippen molar-refractivity contribution in [3.8, 4) is 0 Å². The van der Waals surface area contributed by atoms with Gasteiger partial charge in [-0.05, 0) is 13.0 Å². The molecule has 2 aliphatic rings. The van der Waals surface area contributed by atoms with Crippen molar-refractivity contribution in [2.75, 3.05) is 26.1 Å². The molecule has 1 spiro atoms. The Balaban J connectivity index is 2.40. The van der Waals surface area contributed by atoms with Crippen LogP contribution >= 0.6 is 0 Å². The highest BCUT2D eigenvalue weighted by atomic mass is 16.6. The first-order chi connectivity index (χ1) is 14.3. The maximum absolute atomic E-state index is 13.3. The zero-order valence-electron chi connectivity index (χ0n) is 16.6. The Morgan fingerprint density at radius 2 is 1.80 bits per heavy atom. The van der Waals surface area contributed by atoms with Crippen LogP contribution in [0.4, 0.5) is 5.69 Å². The second kappa shape index (κ2) is 7.90. The molecule has 158 valence electrons. The second-order valence-electron chi connectivity index (χ2n) is 6.36. The van der Waals surface area contributed by atoms with E-state index in [1.165, 1.54) is 0 Å². The lowest BCUT2D eigenvalue weighted by atomic mass is 9.66.